The molecule has 3 rings (SSSR count). The van der Waals surface area contributed by atoms with Gasteiger partial charge in [-0.15, -0.1) is 0 Å². The Morgan fingerprint density at radius 2 is 1.85 bits per heavy atom. The van der Waals surface area contributed by atoms with Crippen LogP contribution < -0.4 is 10.2 Å². The number of nitrogens with one attached hydrogen (secondary N) is 1. The lowest BCUT2D eigenvalue weighted by atomic mass is 10.1. The second-order valence-corrected chi connectivity index (χ2v) is 5.90. The molecule has 0 aliphatic rings. The Bertz CT molecular complexity index is 1020. The van der Waals surface area contributed by atoms with Crippen LogP contribution in [-0.2, 0) is 0 Å². The van der Waals surface area contributed by atoms with Crippen LogP contribution in [0.3, 0.4) is 0 Å². The fourth-order valence-electron chi connectivity index (χ4n) is 2.48. The first-order chi connectivity index (χ1) is 12.5. The number of hydrazone groups is 1. The van der Waals surface area contributed by atoms with Crippen molar-refractivity contribution < 1.29 is 19.7 Å². The van der Waals surface area contributed by atoms with Crippen molar-refractivity contribution in [3.63, 3.8) is 0 Å². The van der Waals surface area contributed by atoms with Gasteiger partial charge in [-0.2, -0.15) is 5.10 Å². The van der Waals surface area contributed by atoms with Crippen LogP contribution in [0.4, 0.5) is 0 Å². The van der Waals surface area contributed by atoms with Gasteiger partial charge in [0.2, 0.25) is 0 Å². The number of hydrogen-bond donors (Lipinski definition) is 3. The Balaban J connectivity index is 1.82. The highest BCUT2D eigenvalue weighted by Gasteiger charge is 2.12. The van der Waals surface area contributed by atoms with E-state index in [4.69, 9.17) is 16.3 Å². The number of benzene rings is 3. The monoisotopic (exact) mass is 370 g/mol. The summed E-state index contributed by atoms with van der Waals surface area (Å²) in [4.78, 5) is 12.3. The summed E-state index contributed by atoms with van der Waals surface area (Å²) in [5, 5.41) is 25.9. The van der Waals surface area contributed by atoms with Crippen LogP contribution >= 0.6 is 11.6 Å². The van der Waals surface area contributed by atoms with Gasteiger partial charge in [-0.05, 0) is 29.0 Å². The molecule has 0 spiro atoms. The normalized spacial score (nSPS) is 11.0. The lowest BCUT2D eigenvalue weighted by Crippen LogP contribution is -2.17. The van der Waals surface area contributed by atoms with Gasteiger partial charge in [-0.1, -0.05) is 35.9 Å². The molecule has 0 unspecified atom stereocenters. The highest BCUT2D eigenvalue weighted by Crippen LogP contribution is 2.32. The summed E-state index contributed by atoms with van der Waals surface area (Å²) in [6.07, 6.45) is 1.24. The predicted octanol–water partition coefficient (Wildman–Crippen LogP) is 3.68. The summed E-state index contributed by atoms with van der Waals surface area (Å²) in [5.41, 5.74) is 2.68. The van der Waals surface area contributed by atoms with Gasteiger partial charge < -0.3 is 14.9 Å². The molecule has 0 atom stereocenters. The number of nitrogens with zero attached hydrogens (tertiary/aromatic N) is 1. The molecular weight excluding hydrogens is 356 g/mol. The number of hydrogen-bond acceptors (Lipinski definition) is 5. The molecule has 0 fully saturated rings. The summed E-state index contributed by atoms with van der Waals surface area (Å²) in [5.74, 6) is -0.692. The standard InChI is InChI=1S/C19H15ClN2O4/c1-26-17-9-14(20)6-13(18(17)24)10-21-22-19(25)15-7-11-4-2-3-5-12(11)8-16(15)23/h2-10,23-24H,1H3,(H,22,25)/b21-10+. The first-order valence-electron chi connectivity index (χ1n) is 7.61. The number of carbonyl (C=O) groups excluding carboxylic acids is 1. The van der Waals surface area contributed by atoms with E-state index in [0.717, 1.165) is 10.8 Å². The molecule has 0 radical (unpaired) electrons. The number of methoxy groups -OCH3 is 1. The number of phenols is 2. The molecule has 0 saturated carbocycles. The average molecular weight is 371 g/mol. The molecule has 3 aromatic carbocycles. The van der Waals surface area contributed by atoms with E-state index in [1.54, 1.807) is 6.07 Å². The van der Waals surface area contributed by atoms with Gasteiger partial charge in [0.25, 0.3) is 5.91 Å². The number of halogens is 1. The number of carbonyl (C=O) groups is 1. The maximum Gasteiger partial charge on any atom is 0.275 e. The Labute approximate surface area is 154 Å². The van der Waals surface area contributed by atoms with E-state index in [1.807, 2.05) is 24.3 Å². The molecule has 3 aromatic rings. The Morgan fingerprint density at radius 3 is 2.54 bits per heavy atom. The fourth-order valence-corrected chi connectivity index (χ4v) is 2.70. The van der Waals surface area contributed by atoms with Crippen molar-refractivity contribution in [3.05, 3.63) is 64.7 Å². The third-order valence-electron chi connectivity index (χ3n) is 3.77. The van der Waals surface area contributed by atoms with Crippen molar-refractivity contribution in [1.29, 1.82) is 0 Å². The van der Waals surface area contributed by atoms with Crippen LogP contribution in [0.25, 0.3) is 10.8 Å². The minimum Gasteiger partial charge on any atom is -0.507 e. The maximum absolute atomic E-state index is 12.3. The van der Waals surface area contributed by atoms with Crippen molar-refractivity contribution in [2.24, 2.45) is 5.10 Å². The first kappa shape index (κ1) is 17.6. The molecule has 6 nitrogen and oxygen atoms in total. The lowest BCUT2D eigenvalue weighted by Gasteiger charge is -2.07. The highest BCUT2D eigenvalue weighted by molar-refractivity contribution is 6.31. The summed E-state index contributed by atoms with van der Waals surface area (Å²) >= 11 is 5.94. The molecule has 7 heteroatoms. The third-order valence-corrected chi connectivity index (χ3v) is 3.99. The number of fused-ring (bicyclic) bond motifs is 1. The van der Waals surface area contributed by atoms with E-state index < -0.39 is 5.91 Å². The zero-order valence-electron chi connectivity index (χ0n) is 13.7. The molecule has 0 heterocycles. The van der Waals surface area contributed by atoms with Crippen molar-refractivity contribution in [2.45, 2.75) is 0 Å². The number of ether oxygens (including phenoxy) is 1. The second kappa shape index (κ2) is 7.33. The van der Waals surface area contributed by atoms with Gasteiger partial charge in [0, 0.05) is 16.7 Å². The quantitative estimate of drug-likeness (QED) is 0.482. The zero-order chi connectivity index (χ0) is 18.7. The molecular formula is C19H15ClN2O4. The summed E-state index contributed by atoms with van der Waals surface area (Å²) in [7, 11) is 1.40. The SMILES string of the molecule is COc1cc(Cl)cc(/C=N/NC(=O)c2cc3ccccc3cc2O)c1O. The van der Waals surface area contributed by atoms with Crippen LogP contribution in [0, 0.1) is 0 Å². The van der Waals surface area contributed by atoms with Gasteiger partial charge in [-0.3, -0.25) is 4.79 Å². The fraction of sp³-hybridized carbons (Fsp3) is 0.0526. The van der Waals surface area contributed by atoms with Crippen molar-refractivity contribution in [2.75, 3.05) is 7.11 Å². The Morgan fingerprint density at radius 1 is 1.15 bits per heavy atom. The minimum atomic E-state index is -0.585. The molecule has 0 aliphatic carbocycles. The van der Waals surface area contributed by atoms with Crippen LogP contribution in [0.15, 0.2) is 53.6 Å². The van der Waals surface area contributed by atoms with Crippen LogP contribution in [0.2, 0.25) is 5.02 Å². The predicted molar refractivity (Wildman–Crippen MR) is 100 cm³/mol. The van der Waals surface area contributed by atoms with Gasteiger partial charge in [0.1, 0.15) is 5.75 Å². The van der Waals surface area contributed by atoms with Gasteiger partial charge >= 0.3 is 0 Å². The zero-order valence-corrected chi connectivity index (χ0v) is 14.5. The Hall–Kier alpha value is -3.25. The third kappa shape index (κ3) is 3.55. The Kier molecular flexibility index (Phi) is 4.95. The topological polar surface area (TPSA) is 91.2 Å². The summed E-state index contributed by atoms with van der Waals surface area (Å²) < 4.78 is 5.00. The number of phenolic OH excluding ortho intramolecular Hbond substituents is 2. The van der Waals surface area contributed by atoms with Crippen LogP contribution in [0.1, 0.15) is 15.9 Å². The lowest BCUT2D eigenvalue weighted by molar-refractivity contribution is 0.0952. The second-order valence-electron chi connectivity index (χ2n) is 5.46. The smallest absolute Gasteiger partial charge is 0.275 e. The number of rotatable bonds is 4. The van der Waals surface area contributed by atoms with E-state index in [-0.39, 0.29) is 28.4 Å². The van der Waals surface area contributed by atoms with Gasteiger partial charge in [0.15, 0.2) is 11.5 Å². The van der Waals surface area contributed by atoms with Crippen molar-refractivity contribution >= 4 is 34.5 Å². The molecule has 26 heavy (non-hydrogen) atoms. The average Bonchev–Trinajstić information content (AvgIpc) is 2.63. The van der Waals surface area contributed by atoms with E-state index in [1.165, 1.54) is 31.5 Å². The molecule has 1 amide bonds. The summed E-state index contributed by atoms with van der Waals surface area (Å²) in [6.45, 7) is 0. The van der Waals surface area contributed by atoms with Crippen molar-refractivity contribution in [3.8, 4) is 17.2 Å². The minimum absolute atomic E-state index is 0.0914. The largest absolute Gasteiger partial charge is 0.507 e. The molecule has 0 aliphatic heterocycles. The molecule has 132 valence electrons. The van der Waals surface area contributed by atoms with Gasteiger partial charge in [-0.25, -0.2) is 5.43 Å². The molecule has 0 saturated heterocycles. The first-order valence-corrected chi connectivity index (χ1v) is 7.99. The number of amides is 1. The molecule has 0 bridgehead atoms. The van der Waals surface area contributed by atoms with Gasteiger partial charge in [0.05, 0.1) is 18.9 Å². The van der Waals surface area contributed by atoms with Crippen LogP contribution in [0.5, 0.6) is 17.2 Å². The maximum atomic E-state index is 12.3. The van der Waals surface area contributed by atoms with Crippen LogP contribution in [-0.4, -0.2) is 29.4 Å². The number of aromatic hydroxyl groups is 2. The highest BCUT2D eigenvalue weighted by atomic mass is 35.5. The van der Waals surface area contributed by atoms with Crippen molar-refractivity contribution in [1.82, 2.24) is 5.43 Å². The summed E-state index contributed by atoms with van der Waals surface area (Å²) in [6, 6.07) is 13.4. The molecule has 0 aromatic heterocycles. The van der Waals surface area contributed by atoms with E-state index >= 15 is 0 Å². The van der Waals surface area contributed by atoms with E-state index in [2.05, 4.69) is 10.5 Å². The molecule has 3 N–H and O–H groups in total. The van der Waals surface area contributed by atoms with E-state index in [0.29, 0.717) is 5.02 Å². The van der Waals surface area contributed by atoms with E-state index in [9.17, 15) is 15.0 Å².